The van der Waals surface area contributed by atoms with Crippen molar-refractivity contribution in [3.8, 4) is 0 Å². The number of thiophene rings is 2. The Labute approximate surface area is 214 Å². The summed E-state index contributed by atoms with van der Waals surface area (Å²) in [6, 6.07) is 1.43. The van der Waals surface area contributed by atoms with Gasteiger partial charge < -0.3 is 14.8 Å². The molecule has 0 fully saturated rings. The van der Waals surface area contributed by atoms with Gasteiger partial charge in [0.25, 0.3) is 20.0 Å². The Morgan fingerprint density at radius 3 is 1.53 bits per heavy atom. The van der Waals surface area contributed by atoms with E-state index in [4.69, 9.17) is 14.8 Å². The molecular weight excluding hydrogens is 553 g/mol. The lowest BCUT2D eigenvalue weighted by Crippen LogP contribution is -2.32. The Balaban J connectivity index is 1.76. The predicted octanol–water partition coefficient (Wildman–Crippen LogP) is 3.84. The van der Waals surface area contributed by atoms with Crippen LogP contribution in [0.25, 0.3) is 0 Å². The Kier molecular flexibility index (Phi) is 6.58. The van der Waals surface area contributed by atoms with Gasteiger partial charge in [-0.3, -0.25) is 0 Å². The van der Waals surface area contributed by atoms with E-state index >= 15 is 0 Å². The van der Waals surface area contributed by atoms with Crippen LogP contribution in [0.5, 0.6) is 0 Å². The summed E-state index contributed by atoms with van der Waals surface area (Å²) in [6.45, 7) is 6.55. The van der Waals surface area contributed by atoms with Crippen molar-refractivity contribution in [2.24, 2.45) is 5.73 Å². The highest BCUT2D eigenvalue weighted by Gasteiger charge is 2.33. The van der Waals surface area contributed by atoms with Gasteiger partial charge in [-0.2, -0.15) is 0 Å². The summed E-state index contributed by atoms with van der Waals surface area (Å²) in [7, 11) is -8.57. The van der Waals surface area contributed by atoms with E-state index in [-0.39, 0.29) is 31.6 Å². The van der Waals surface area contributed by atoms with E-state index in [2.05, 4.69) is 19.8 Å². The first-order chi connectivity index (χ1) is 16.8. The molecule has 0 aliphatic rings. The zero-order chi connectivity index (χ0) is 26.4. The minimum atomic E-state index is -4.29. The summed E-state index contributed by atoms with van der Waals surface area (Å²) >= 11 is 1.77. The SMILES string of the molecule is Cc1noc(NS(=O)(=O)c2ccsc2N(C(N)=O)c2sccc2S(=O)(=O)Nc2onc(C)c2C)c1C. The second-order valence-corrected chi connectivity index (χ2v) is 12.6. The molecule has 4 aromatic heterocycles. The van der Waals surface area contributed by atoms with Crippen LogP contribution in [0.15, 0.2) is 41.7 Å². The summed E-state index contributed by atoms with van der Waals surface area (Å²) in [5.74, 6) is -0.173. The second-order valence-electron chi connectivity index (χ2n) is 7.51. The van der Waals surface area contributed by atoms with Gasteiger partial charge in [0.2, 0.25) is 11.8 Å². The van der Waals surface area contributed by atoms with E-state index in [0.717, 1.165) is 27.6 Å². The summed E-state index contributed by atoms with van der Waals surface area (Å²) in [5, 5.41) is 10.1. The Morgan fingerprint density at radius 2 is 1.22 bits per heavy atom. The topological polar surface area (TPSA) is 191 Å². The van der Waals surface area contributed by atoms with Crippen molar-refractivity contribution in [2.75, 3.05) is 14.3 Å². The van der Waals surface area contributed by atoms with Crippen LogP contribution >= 0.6 is 22.7 Å². The predicted molar refractivity (Wildman–Crippen MR) is 134 cm³/mol. The van der Waals surface area contributed by atoms with Crippen LogP contribution in [0.2, 0.25) is 0 Å². The first-order valence-corrected chi connectivity index (χ1v) is 14.7. The maximum atomic E-state index is 13.2. The van der Waals surface area contributed by atoms with Gasteiger partial charge in [-0.05, 0) is 50.6 Å². The molecule has 4 heterocycles. The van der Waals surface area contributed by atoms with Crippen LogP contribution in [0, 0.1) is 27.7 Å². The number of primary amides is 1. The number of carbonyl (C=O) groups is 1. The molecule has 0 aromatic carbocycles. The highest BCUT2D eigenvalue weighted by Crippen LogP contribution is 2.42. The molecule has 0 aliphatic carbocycles. The van der Waals surface area contributed by atoms with Gasteiger partial charge in [0.15, 0.2) is 0 Å². The second kappa shape index (κ2) is 9.23. The number of urea groups is 1. The number of rotatable bonds is 8. The molecule has 0 radical (unpaired) electrons. The molecule has 0 aliphatic heterocycles. The highest BCUT2D eigenvalue weighted by atomic mass is 32.2. The lowest BCUT2D eigenvalue weighted by atomic mass is 10.3. The normalized spacial score (nSPS) is 12.0. The number of nitrogens with one attached hydrogen (secondary N) is 2. The van der Waals surface area contributed by atoms with Crippen molar-refractivity contribution in [3.05, 3.63) is 45.4 Å². The molecule has 0 bridgehead atoms. The first kappa shape index (κ1) is 25.7. The van der Waals surface area contributed by atoms with Gasteiger partial charge >= 0.3 is 6.03 Å². The van der Waals surface area contributed by atoms with Gasteiger partial charge in [-0.15, -0.1) is 22.7 Å². The van der Waals surface area contributed by atoms with Crippen molar-refractivity contribution in [1.29, 1.82) is 0 Å². The number of aromatic nitrogens is 2. The number of nitrogens with two attached hydrogens (primary N) is 1. The van der Waals surface area contributed by atoms with Crippen LogP contribution in [0.4, 0.5) is 26.6 Å². The molecule has 0 saturated carbocycles. The van der Waals surface area contributed by atoms with Crippen LogP contribution in [-0.4, -0.2) is 33.2 Å². The van der Waals surface area contributed by atoms with Crippen LogP contribution in [0.3, 0.4) is 0 Å². The quantitative estimate of drug-likeness (QED) is 0.281. The summed E-state index contributed by atoms with van der Waals surface area (Å²) in [6.07, 6.45) is 0. The number of hydrogen-bond acceptors (Lipinski definition) is 11. The van der Waals surface area contributed by atoms with Crippen molar-refractivity contribution < 1.29 is 30.7 Å². The number of carbonyl (C=O) groups excluding carboxylic acids is 1. The van der Waals surface area contributed by atoms with Crippen LogP contribution in [-0.2, 0) is 20.0 Å². The fraction of sp³-hybridized carbons (Fsp3) is 0.211. The molecule has 4 aromatic rings. The molecular formula is C19H20N6O7S4. The summed E-state index contributed by atoms with van der Waals surface area (Å²) in [4.78, 5) is 12.8. The molecule has 4 rings (SSSR count). The molecule has 2 amide bonds. The maximum absolute atomic E-state index is 13.2. The standard InChI is InChI=1S/C19H20N6O7S4/c1-9-11(3)21-31-15(9)23-35(27,28)13-5-7-33-17(13)25(19(20)26)18-14(6-8-34-18)36(29,30)24-16-10(2)12(4)22-32-16/h5-8,23-24H,1-4H3,(H2,20,26). The molecule has 0 unspecified atom stereocenters. The molecule has 0 saturated heterocycles. The molecule has 36 heavy (non-hydrogen) atoms. The fourth-order valence-electron chi connectivity index (χ4n) is 2.98. The van der Waals surface area contributed by atoms with Gasteiger partial charge in [0.05, 0.1) is 11.4 Å². The third kappa shape index (κ3) is 4.57. The lowest BCUT2D eigenvalue weighted by Gasteiger charge is -2.20. The van der Waals surface area contributed by atoms with Crippen molar-refractivity contribution in [2.45, 2.75) is 37.5 Å². The Morgan fingerprint density at radius 1 is 0.833 bits per heavy atom. The van der Waals surface area contributed by atoms with Crippen LogP contribution < -0.4 is 20.1 Å². The molecule has 192 valence electrons. The number of hydrogen-bond donors (Lipinski definition) is 3. The number of nitrogens with zero attached hydrogens (tertiary/aromatic N) is 3. The maximum Gasteiger partial charge on any atom is 0.325 e. The zero-order valence-corrected chi connectivity index (χ0v) is 22.5. The fourth-order valence-corrected chi connectivity index (χ4v) is 7.99. The first-order valence-electron chi connectivity index (χ1n) is 9.99. The molecule has 4 N–H and O–H groups in total. The number of sulfonamides is 2. The minimum absolute atomic E-state index is 0.0865. The van der Waals surface area contributed by atoms with Crippen molar-refractivity contribution >= 4 is 70.5 Å². The average molecular weight is 573 g/mol. The highest BCUT2D eigenvalue weighted by molar-refractivity contribution is 7.93. The van der Waals surface area contributed by atoms with E-state index in [1.165, 1.54) is 22.9 Å². The number of anilines is 4. The molecule has 13 nitrogen and oxygen atoms in total. The number of amides is 2. The van der Waals surface area contributed by atoms with E-state index < -0.39 is 26.1 Å². The van der Waals surface area contributed by atoms with E-state index in [9.17, 15) is 21.6 Å². The minimum Gasteiger partial charge on any atom is -0.351 e. The summed E-state index contributed by atoms with van der Waals surface area (Å²) < 4.78 is 67.4. The number of aryl methyl sites for hydroxylation is 2. The van der Waals surface area contributed by atoms with Crippen molar-refractivity contribution in [3.63, 3.8) is 0 Å². The zero-order valence-electron chi connectivity index (χ0n) is 19.2. The third-order valence-corrected chi connectivity index (χ3v) is 9.97. The van der Waals surface area contributed by atoms with Gasteiger partial charge in [-0.1, -0.05) is 10.3 Å². The van der Waals surface area contributed by atoms with E-state index in [0.29, 0.717) is 22.5 Å². The monoisotopic (exact) mass is 572 g/mol. The van der Waals surface area contributed by atoms with E-state index in [1.54, 1.807) is 27.7 Å². The lowest BCUT2D eigenvalue weighted by molar-refractivity contribution is 0.256. The smallest absolute Gasteiger partial charge is 0.325 e. The molecule has 0 spiro atoms. The summed E-state index contributed by atoms with van der Waals surface area (Å²) in [5.41, 5.74) is 7.58. The van der Waals surface area contributed by atoms with Crippen LogP contribution in [0.1, 0.15) is 22.5 Å². The van der Waals surface area contributed by atoms with Gasteiger partial charge in [-0.25, -0.2) is 36.0 Å². The molecule has 17 heteroatoms. The average Bonchev–Trinajstić information content (AvgIpc) is 3.58. The van der Waals surface area contributed by atoms with Gasteiger partial charge in [0.1, 0.15) is 19.8 Å². The third-order valence-electron chi connectivity index (χ3n) is 5.19. The Hall–Kier alpha value is -3.41. The van der Waals surface area contributed by atoms with Crippen molar-refractivity contribution in [1.82, 2.24) is 10.3 Å². The Bertz CT molecular complexity index is 1550. The molecule has 0 atom stereocenters. The van der Waals surface area contributed by atoms with Gasteiger partial charge in [0, 0.05) is 11.1 Å². The largest absolute Gasteiger partial charge is 0.351 e. The van der Waals surface area contributed by atoms with E-state index in [1.807, 2.05) is 0 Å².